The number of unbranched alkanes of at least 4 members (excludes halogenated alkanes) is 3. The summed E-state index contributed by atoms with van der Waals surface area (Å²) in [4.78, 5) is 55.9. The lowest BCUT2D eigenvalue weighted by atomic mass is 10.1. The molecule has 4 N–H and O–H groups in total. The van der Waals surface area contributed by atoms with Gasteiger partial charge < -0.3 is 30.2 Å². The Morgan fingerprint density at radius 2 is 1.91 bits per heavy atom. The van der Waals surface area contributed by atoms with Crippen molar-refractivity contribution in [2.75, 3.05) is 6.54 Å². The number of pyridine rings is 1. The fourth-order valence-electron chi connectivity index (χ4n) is 6.84. The normalized spacial score (nSPS) is 23.0. The molecule has 6 rings (SSSR count). The first-order valence-corrected chi connectivity index (χ1v) is 21.4. The third kappa shape index (κ3) is 9.90. The summed E-state index contributed by atoms with van der Waals surface area (Å²) in [6.07, 6.45) is 10.4. The van der Waals surface area contributed by atoms with E-state index in [9.17, 15) is 27.6 Å². The average molecular weight is 847 g/mol. The molecule has 1 aliphatic heterocycles. The molecule has 3 amide bonds. The molecule has 0 radical (unpaired) electrons. The molecule has 0 bridgehead atoms. The highest BCUT2D eigenvalue weighted by atomic mass is 35.5. The predicted molar refractivity (Wildman–Crippen MR) is 215 cm³/mol. The molecule has 2 aromatic heterocycles. The van der Waals surface area contributed by atoms with E-state index in [2.05, 4.69) is 30.8 Å². The zero-order valence-electron chi connectivity index (χ0n) is 32.3. The van der Waals surface area contributed by atoms with Crippen LogP contribution >= 0.6 is 23.2 Å². The van der Waals surface area contributed by atoms with Crippen molar-refractivity contribution in [3.05, 3.63) is 58.4 Å². The molecular formula is C39H49Cl2N7O8S. The molecule has 18 heteroatoms. The van der Waals surface area contributed by atoms with Gasteiger partial charge in [-0.15, -0.1) is 0 Å². The Morgan fingerprint density at radius 3 is 2.60 bits per heavy atom. The number of rotatable bonds is 19. The smallest absolute Gasteiger partial charge is 0.272 e. The second-order valence-corrected chi connectivity index (χ2v) is 18.6. The standard InChI is InChI=1S/C39H49Cl2N7O8S/c1-23(2)55-32-19-31(27-12-13-28(40)33(41)34(27)44-32)56-26-18-30(42-21-26)36(51)45-39(37(52)47-57(53,54)38(3)15-16-38)20-24(39)10-8-6-5-7-9-11-25(22-49)43-35(50)29-14-17-48(4)46-29/h8,10,12-14,17,19,22-26,30,42H,5-7,9,11,15-16,18,20-21H2,1-4H3,(H,43,50)(H,45,51)(H,47,52)/b10-8-/t24?,25-,26+,30-,39+/m0/s1. The Balaban J connectivity index is 1.05. The highest BCUT2D eigenvalue weighted by molar-refractivity contribution is 7.91. The van der Waals surface area contributed by atoms with Gasteiger partial charge >= 0.3 is 0 Å². The van der Waals surface area contributed by atoms with Crippen molar-refractivity contribution in [3.63, 3.8) is 0 Å². The minimum atomic E-state index is -3.95. The van der Waals surface area contributed by atoms with Crippen LogP contribution in [0.25, 0.3) is 10.9 Å². The molecule has 57 heavy (non-hydrogen) atoms. The highest BCUT2D eigenvalue weighted by Gasteiger charge is 2.62. The minimum Gasteiger partial charge on any atom is -0.488 e. The number of amides is 3. The molecule has 1 aromatic carbocycles. The summed E-state index contributed by atoms with van der Waals surface area (Å²) in [6.45, 7) is 5.66. The van der Waals surface area contributed by atoms with Crippen molar-refractivity contribution in [2.45, 2.75) is 113 Å². The summed E-state index contributed by atoms with van der Waals surface area (Å²) in [5.41, 5.74) is -0.774. The third-order valence-electron chi connectivity index (χ3n) is 10.6. The lowest BCUT2D eigenvalue weighted by Gasteiger charge is -2.22. The number of halogens is 2. The zero-order chi connectivity index (χ0) is 41.1. The summed E-state index contributed by atoms with van der Waals surface area (Å²) in [6, 6.07) is 5.32. The first-order valence-electron chi connectivity index (χ1n) is 19.2. The molecule has 0 spiro atoms. The number of sulfonamides is 1. The second-order valence-electron chi connectivity index (χ2n) is 15.6. The van der Waals surface area contributed by atoms with Crippen molar-refractivity contribution in [1.29, 1.82) is 0 Å². The fraction of sp³-hybridized carbons (Fsp3) is 0.538. The number of carbonyl (C=O) groups excluding carboxylic acids is 4. The van der Waals surface area contributed by atoms with E-state index in [1.807, 2.05) is 26.0 Å². The first-order chi connectivity index (χ1) is 27.0. The van der Waals surface area contributed by atoms with Gasteiger partial charge in [-0.05, 0) is 77.5 Å². The van der Waals surface area contributed by atoms with E-state index in [1.165, 1.54) is 4.68 Å². The van der Waals surface area contributed by atoms with Crippen molar-refractivity contribution < 1.29 is 37.1 Å². The maximum absolute atomic E-state index is 13.8. The van der Waals surface area contributed by atoms with Crippen LogP contribution in [0.5, 0.6) is 11.6 Å². The van der Waals surface area contributed by atoms with Crippen LogP contribution in [0.2, 0.25) is 10.0 Å². The summed E-state index contributed by atoms with van der Waals surface area (Å²) in [5.74, 6) is -1.26. The van der Waals surface area contributed by atoms with Crippen LogP contribution in [0.1, 0.15) is 89.0 Å². The molecule has 2 aliphatic carbocycles. The van der Waals surface area contributed by atoms with E-state index in [1.54, 1.807) is 44.4 Å². The number of nitrogens with one attached hydrogen (secondary N) is 4. The van der Waals surface area contributed by atoms with Gasteiger partial charge in [-0.25, -0.2) is 13.4 Å². The van der Waals surface area contributed by atoms with Gasteiger partial charge in [-0.1, -0.05) is 48.2 Å². The summed E-state index contributed by atoms with van der Waals surface area (Å²) >= 11 is 12.8. The molecule has 5 atom stereocenters. The lowest BCUT2D eigenvalue weighted by molar-refractivity contribution is -0.130. The molecule has 1 unspecified atom stereocenters. The van der Waals surface area contributed by atoms with E-state index in [0.29, 0.717) is 66.2 Å². The number of benzene rings is 1. The van der Waals surface area contributed by atoms with E-state index >= 15 is 0 Å². The molecule has 3 aliphatic rings. The summed E-state index contributed by atoms with van der Waals surface area (Å²) < 4.78 is 41.1. The van der Waals surface area contributed by atoms with E-state index < -0.39 is 62.1 Å². The number of carbonyl (C=O) groups is 4. The fourth-order valence-corrected chi connectivity index (χ4v) is 8.51. The number of ether oxygens (including phenoxy) is 2. The number of aryl methyl sites for hydroxylation is 1. The number of hydrogen-bond acceptors (Lipinski definition) is 11. The van der Waals surface area contributed by atoms with Crippen molar-refractivity contribution in [3.8, 4) is 11.6 Å². The maximum atomic E-state index is 13.8. The number of hydrogen-bond donors (Lipinski definition) is 4. The van der Waals surface area contributed by atoms with Crippen LogP contribution in [0, 0.1) is 5.92 Å². The molecule has 15 nitrogen and oxygen atoms in total. The number of aromatic nitrogens is 3. The monoisotopic (exact) mass is 845 g/mol. The highest BCUT2D eigenvalue weighted by Crippen LogP contribution is 2.47. The van der Waals surface area contributed by atoms with Crippen molar-refractivity contribution >= 4 is 68.1 Å². The van der Waals surface area contributed by atoms with Crippen LogP contribution in [-0.2, 0) is 31.5 Å². The van der Waals surface area contributed by atoms with Gasteiger partial charge in [0.05, 0.1) is 38.5 Å². The van der Waals surface area contributed by atoms with Crippen molar-refractivity contribution in [2.24, 2.45) is 13.0 Å². The largest absolute Gasteiger partial charge is 0.488 e. The maximum Gasteiger partial charge on any atom is 0.272 e. The minimum absolute atomic E-state index is 0.164. The third-order valence-corrected chi connectivity index (χ3v) is 13.6. The molecule has 3 heterocycles. The van der Waals surface area contributed by atoms with Crippen LogP contribution in [0.3, 0.4) is 0 Å². The van der Waals surface area contributed by atoms with Crippen LogP contribution < -0.4 is 30.1 Å². The van der Waals surface area contributed by atoms with Gasteiger partial charge in [-0.2, -0.15) is 5.10 Å². The Hall–Kier alpha value is -4.25. The number of fused-ring (bicyclic) bond motifs is 1. The first kappa shape index (κ1) is 42.4. The van der Waals surface area contributed by atoms with Crippen LogP contribution in [0.15, 0.2) is 42.6 Å². The summed E-state index contributed by atoms with van der Waals surface area (Å²) in [5, 5.41) is 14.1. The number of nitrogens with zero attached hydrogens (tertiary/aromatic N) is 3. The molecular weight excluding hydrogens is 797 g/mol. The van der Waals surface area contributed by atoms with Crippen molar-refractivity contribution in [1.82, 2.24) is 35.4 Å². The zero-order valence-corrected chi connectivity index (χ0v) is 34.7. The van der Waals surface area contributed by atoms with Gasteiger partial charge in [0.1, 0.15) is 29.4 Å². The van der Waals surface area contributed by atoms with E-state index in [4.69, 9.17) is 32.7 Å². The quantitative estimate of drug-likeness (QED) is 0.0750. The Kier molecular flexibility index (Phi) is 12.9. The van der Waals surface area contributed by atoms with Gasteiger partial charge in [0.25, 0.3) is 11.8 Å². The van der Waals surface area contributed by atoms with Gasteiger partial charge in [0.15, 0.2) is 0 Å². The van der Waals surface area contributed by atoms with E-state index in [0.717, 1.165) is 19.1 Å². The van der Waals surface area contributed by atoms with Gasteiger partial charge in [0, 0.05) is 43.6 Å². The SMILES string of the molecule is CC(C)Oc1cc(O[C@H]2CN[C@H](C(=O)N[C@]3(C(=O)NS(=O)(=O)C4(C)CC4)CC3/C=C\CCCCC[C@@H](C=O)NC(=O)c3ccn(C)n3)C2)c2ccc(Cl)c(Cl)c2n1. The topological polar surface area (TPSA) is 200 Å². The van der Waals surface area contributed by atoms with Gasteiger partial charge in [-0.3, -0.25) is 23.8 Å². The van der Waals surface area contributed by atoms with Gasteiger partial charge in [0.2, 0.25) is 21.8 Å². The lowest BCUT2D eigenvalue weighted by Crippen LogP contribution is -2.56. The molecule has 308 valence electrons. The molecule has 2 saturated carbocycles. The van der Waals surface area contributed by atoms with E-state index in [-0.39, 0.29) is 29.7 Å². The molecule has 1 saturated heterocycles. The molecule has 3 fully saturated rings. The second kappa shape index (κ2) is 17.3. The Labute approximate surface area is 342 Å². The average Bonchev–Trinajstić information content (AvgIpc) is 3.94. The Bertz CT molecular complexity index is 2160. The van der Waals surface area contributed by atoms with Crippen LogP contribution in [0.4, 0.5) is 0 Å². The Morgan fingerprint density at radius 1 is 1.14 bits per heavy atom. The number of allylic oxidation sites excluding steroid dienone is 1. The van der Waals surface area contributed by atoms with Crippen LogP contribution in [-0.4, -0.2) is 88.3 Å². The number of aldehydes is 1. The molecule has 3 aromatic rings. The predicted octanol–water partition coefficient (Wildman–Crippen LogP) is 4.55. The summed E-state index contributed by atoms with van der Waals surface area (Å²) in [7, 11) is -2.25.